The van der Waals surface area contributed by atoms with Crippen LogP contribution in [0.5, 0.6) is 11.5 Å². The number of piperidine rings is 1. The predicted octanol–water partition coefficient (Wildman–Crippen LogP) is 4.48. The first-order valence-electron chi connectivity index (χ1n) is 16.2. The Hall–Kier alpha value is -3.68. The fraction of sp³-hybridized carbons (Fsp3) is 0.472. The van der Waals surface area contributed by atoms with Gasteiger partial charge < -0.3 is 23.8 Å². The van der Waals surface area contributed by atoms with Crippen LogP contribution < -0.4 is 19.7 Å². The van der Waals surface area contributed by atoms with Crippen LogP contribution in [-0.2, 0) is 35.5 Å². The number of hydroxylamine groups is 2. The van der Waals surface area contributed by atoms with Crippen molar-refractivity contribution in [3.63, 3.8) is 0 Å². The summed E-state index contributed by atoms with van der Waals surface area (Å²) in [5.41, 5.74) is 3.83. The highest BCUT2D eigenvalue weighted by atomic mass is 32.2. The van der Waals surface area contributed by atoms with E-state index in [9.17, 15) is 13.2 Å². The molecule has 2 heterocycles. The number of hydrogen-bond acceptors (Lipinski definition) is 10. The molecule has 0 aliphatic carbocycles. The maximum atomic E-state index is 14.5. The lowest BCUT2D eigenvalue weighted by molar-refractivity contribution is -0.170. The number of rotatable bonds is 14. The Balaban J connectivity index is 1.46. The zero-order chi connectivity index (χ0) is 34.3. The third-order valence-corrected chi connectivity index (χ3v) is 11.7. The minimum atomic E-state index is -4.07. The quantitative estimate of drug-likeness (QED) is 0.193. The van der Waals surface area contributed by atoms with Crippen LogP contribution in [0.15, 0.2) is 71.6 Å². The Morgan fingerprint density at radius 2 is 1.81 bits per heavy atom. The topological polar surface area (TPSA) is 116 Å². The summed E-state index contributed by atoms with van der Waals surface area (Å²) in [7, 11) is 2.10. The second-order valence-electron chi connectivity index (χ2n) is 12.4. The SMILES string of the molecule is COCCCN1CCOc2ccc(CO[C@H]3CN[C@@](CC(=O)N(C)OC)(S(=O)(=O)c4ccc(C)cc4)C[C@@H]3c3ccc(OC)cc3)cc21. The average Bonchev–Trinajstić information content (AvgIpc) is 3.11. The van der Waals surface area contributed by atoms with Crippen molar-refractivity contribution < 1.29 is 37.0 Å². The van der Waals surface area contributed by atoms with Gasteiger partial charge >= 0.3 is 0 Å². The molecule has 0 unspecified atom stereocenters. The number of ether oxygens (including phenoxy) is 4. The van der Waals surface area contributed by atoms with Crippen molar-refractivity contribution in [2.24, 2.45) is 0 Å². The van der Waals surface area contributed by atoms with Crippen molar-refractivity contribution in [3.8, 4) is 11.5 Å². The number of fused-ring (bicyclic) bond motifs is 1. The minimum absolute atomic E-state index is 0.0921. The molecule has 0 radical (unpaired) electrons. The van der Waals surface area contributed by atoms with Crippen molar-refractivity contribution in [2.75, 3.05) is 66.1 Å². The standard InChI is InChI=1S/C36H47N3O8S/c1-26-7-14-30(15-8-26)48(41,42)36(23-35(40)38(2)45-5)22-31(28-10-12-29(44-4)13-11-28)34(24-37-36)47-25-27-9-16-33-32(21-27)39(18-20-46-33)17-6-19-43-3/h7-16,21,31,34,37H,6,17-20,22-25H2,1-5H3/t31-,34+,36-/m1/s1. The molecule has 3 aromatic rings. The summed E-state index contributed by atoms with van der Waals surface area (Å²) < 4.78 is 52.3. The highest BCUT2D eigenvalue weighted by Gasteiger charge is 2.52. The van der Waals surface area contributed by atoms with Gasteiger partial charge in [0.05, 0.1) is 50.5 Å². The van der Waals surface area contributed by atoms with Crippen LogP contribution in [-0.4, -0.2) is 91.6 Å². The van der Waals surface area contributed by atoms with Crippen molar-refractivity contribution in [1.82, 2.24) is 10.4 Å². The van der Waals surface area contributed by atoms with Crippen LogP contribution in [0, 0.1) is 6.92 Å². The summed E-state index contributed by atoms with van der Waals surface area (Å²) in [5.74, 6) is 0.700. The zero-order valence-electron chi connectivity index (χ0n) is 28.4. The van der Waals surface area contributed by atoms with Gasteiger partial charge in [0, 0.05) is 39.8 Å². The lowest BCUT2D eigenvalue weighted by Gasteiger charge is -2.45. The van der Waals surface area contributed by atoms with E-state index in [1.165, 1.54) is 14.2 Å². The molecule has 3 atom stereocenters. The average molecular weight is 682 g/mol. The highest BCUT2D eigenvalue weighted by molar-refractivity contribution is 7.92. The van der Waals surface area contributed by atoms with E-state index in [0.717, 1.165) is 52.7 Å². The number of aryl methyl sites for hydroxylation is 1. The Bertz CT molecular complexity index is 1630. The lowest BCUT2D eigenvalue weighted by Crippen LogP contribution is -2.61. The van der Waals surface area contributed by atoms with Gasteiger partial charge in [0.25, 0.3) is 0 Å². The molecule has 1 amide bonds. The molecule has 1 fully saturated rings. The van der Waals surface area contributed by atoms with Gasteiger partial charge in [-0.2, -0.15) is 0 Å². The summed E-state index contributed by atoms with van der Waals surface area (Å²) >= 11 is 0. The highest BCUT2D eigenvalue weighted by Crippen LogP contribution is 2.43. The van der Waals surface area contributed by atoms with Crippen LogP contribution in [0.4, 0.5) is 5.69 Å². The van der Waals surface area contributed by atoms with Crippen molar-refractivity contribution in [3.05, 3.63) is 83.4 Å². The first-order valence-corrected chi connectivity index (χ1v) is 17.7. The molecule has 260 valence electrons. The number of nitrogens with zero attached hydrogens (tertiary/aromatic N) is 2. The molecule has 2 aliphatic heterocycles. The minimum Gasteiger partial charge on any atom is -0.497 e. The van der Waals surface area contributed by atoms with Gasteiger partial charge in [-0.05, 0) is 67.3 Å². The first-order chi connectivity index (χ1) is 23.1. The number of anilines is 1. The van der Waals surface area contributed by atoms with Crippen molar-refractivity contribution in [2.45, 2.75) is 54.6 Å². The summed E-state index contributed by atoms with van der Waals surface area (Å²) in [6, 6.07) is 20.4. The molecule has 48 heavy (non-hydrogen) atoms. The molecule has 12 heteroatoms. The van der Waals surface area contributed by atoms with Crippen LogP contribution in [0.3, 0.4) is 0 Å². The molecule has 11 nitrogen and oxygen atoms in total. The molecule has 0 spiro atoms. The molecule has 3 aromatic carbocycles. The first kappa shape index (κ1) is 35.6. The zero-order valence-corrected chi connectivity index (χ0v) is 29.3. The number of sulfone groups is 1. The van der Waals surface area contributed by atoms with E-state index in [0.29, 0.717) is 25.6 Å². The summed E-state index contributed by atoms with van der Waals surface area (Å²) in [6.07, 6.45) is 0.273. The van der Waals surface area contributed by atoms with E-state index in [-0.39, 0.29) is 30.2 Å². The molecule has 0 bridgehead atoms. The Kier molecular flexibility index (Phi) is 11.6. The number of methoxy groups -OCH3 is 2. The van der Waals surface area contributed by atoms with E-state index in [4.69, 9.17) is 23.8 Å². The Morgan fingerprint density at radius 3 is 2.50 bits per heavy atom. The second-order valence-corrected chi connectivity index (χ2v) is 14.6. The summed E-state index contributed by atoms with van der Waals surface area (Å²) in [6.45, 7) is 5.37. The van der Waals surface area contributed by atoms with Crippen LogP contribution >= 0.6 is 0 Å². The van der Waals surface area contributed by atoms with Crippen LogP contribution in [0.25, 0.3) is 0 Å². The van der Waals surface area contributed by atoms with Crippen molar-refractivity contribution in [1.29, 1.82) is 0 Å². The third-order valence-electron chi connectivity index (χ3n) is 9.30. The largest absolute Gasteiger partial charge is 0.497 e. The summed E-state index contributed by atoms with van der Waals surface area (Å²) in [4.78, 5) is 19.3. The number of carbonyl (C=O) groups excluding carboxylic acids is 1. The van der Waals surface area contributed by atoms with Gasteiger partial charge in [0.1, 0.15) is 23.0 Å². The molecule has 2 aliphatic rings. The second kappa shape index (κ2) is 15.7. The molecule has 1 N–H and O–H groups in total. The molecular weight excluding hydrogens is 634 g/mol. The fourth-order valence-corrected chi connectivity index (χ4v) is 8.36. The summed E-state index contributed by atoms with van der Waals surface area (Å²) in [5, 5.41) is 4.38. The maximum Gasteiger partial charge on any atom is 0.248 e. The van der Waals surface area contributed by atoms with Crippen LogP contribution in [0.1, 0.15) is 41.9 Å². The smallest absolute Gasteiger partial charge is 0.248 e. The monoisotopic (exact) mass is 681 g/mol. The van der Waals surface area contributed by atoms with Gasteiger partial charge in [-0.3, -0.25) is 14.9 Å². The molecule has 0 aromatic heterocycles. The molecule has 1 saturated heterocycles. The molecule has 0 saturated carbocycles. The Morgan fingerprint density at radius 1 is 1.06 bits per heavy atom. The molecular formula is C36H47N3O8S. The van der Waals surface area contributed by atoms with E-state index in [2.05, 4.69) is 16.3 Å². The Labute approximate surface area is 283 Å². The van der Waals surface area contributed by atoms with E-state index in [1.807, 2.05) is 43.3 Å². The number of benzene rings is 3. The number of amides is 1. The number of nitrogens with one attached hydrogen (secondary N) is 1. The van der Waals surface area contributed by atoms with Gasteiger partial charge in [-0.25, -0.2) is 13.5 Å². The van der Waals surface area contributed by atoms with Gasteiger partial charge in [0.15, 0.2) is 9.84 Å². The van der Waals surface area contributed by atoms with Crippen LogP contribution in [0.2, 0.25) is 0 Å². The van der Waals surface area contributed by atoms with E-state index < -0.39 is 26.7 Å². The van der Waals surface area contributed by atoms with Crippen molar-refractivity contribution >= 4 is 21.4 Å². The van der Waals surface area contributed by atoms with Gasteiger partial charge in [-0.15, -0.1) is 0 Å². The lowest BCUT2D eigenvalue weighted by atomic mass is 9.82. The van der Waals surface area contributed by atoms with Gasteiger partial charge in [0.2, 0.25) is 5.91 Å². The number of hydrogen-bond donors (Lipinski definition) is 1. The van der Waals surface area contributed by atoms with E-state index in [1.54, 1.807) is 38.5 Å². The normalized spacial score (nSPS) is 20.9. The number of carbonyl (C=O) groups is 1. The predicted molar refractivity (Wildman–Crippen MR) is 183 cm³/mol. The molecule has 5 rings (SSSR count). The third kappa shape index (κ3) is 7.79. The maximum absolute atomic E-state index is 14.5. The van der Waals surface area contributed by atoms with Gasteiger partial charge in [-0.1, -0.05) is 35.9 Å². The van der Waals surface area contributed by atoms with E-state index >= 15 is 0 Å². The fourth-order valence-electron chi connectivity index (χ4n) is 6.42.